The monoisotopic (exact) mass is 251 g/mol. The minimum atomic E-state index is 0.604. The Hall–Kier alpha value is -0.470. The summed E-state index contributed by atoms with van der Waals surface area (Å²) in [6.45, 7) is 7.71. The zero-order valence-corrected chi connectivity index (χ0v) is 12.4. The van der Waals surface area contributed by atoms with E-state index in [1.807, 2.05) is 11.8 Å². The molecule has 0 aromatic heterocycles. The van der Waals surface area contributed by atoms with Crippen molar-refractivity contribution in [2.45, 2.75) is 39.7 Å². The van der Waals surface area contributed by atoms with Gasteiger partial charge in [0.15, 0.2) is 0 Å². The van der Waals surface area contributed by atoms with Gasteiger partial charge in [0.05, 0.1) is 0 Å². The van der Waals surface area contributed by atoms with Crippen molar-refractivity contribution in [2.75, 3.05) is 18.6 Å². The molecular formula is C15H25NS. The summed E-state index contributed by atoms with van der Waals surface area (Å²) in [5.41, 5.74) is 4.24. The second kappa shape index (κ2) is 7.78. The highest BCUT2D eigenvalue weighted by Crippen LogP contribution is 2.13. The van der Waals surface area contributed by atoms with E-state index in [1.54, 1.807) is 0 Å². The van der Waals surface area contributed by atoms with Crippen LogP contribution in [0.3, 0.4) is 0 Å². The Bertz CT molecular complexity index is 336. The van der Waals surface area contributed by atoms with Gasteiger partial charge >= 0.3 is 0 Å². The Morgan fingerprint density at radius 3 is 2.59 bits per heavy atom. The molecule has 0 saturated heterocycles. The fourth-order valence-corrected chi connectivity index (χ4v) is 2.59. The van der Waals surface area contributed by atoms with Crippen molar-refractivity contribution in [3.05, 3.63) is 34.9 Å². The van der Waals surface area contributed by atoms with Crippen LogP contribution in [-0.4, -0.2) is 24.6 Å². The van der Waals surface area contributed by atoms with E-state index in [9.17, 15) is 0 Å². The Balaban J connectivity index is 2.61. The first kappa shape index (κ1) is 14.6. The summed E-state index contributed by atoms with van der Waals surface area (Å²) in [6.07, 6.45) is 4.53. The zero-order chi connectivity index (χ0) is 12.7. The van der Waals surface area contributed by atoms with Crippen LogP contribution in [0.15, 0.2) is 18.2 Å². The van der Waals surface area contributed by atoms with Crippen molar-refractivity contribution in [2.24, 2.45) is 0 Å². The molecule has 96 valence electrons. The highest BCUT2D eigenvalue weighted by Gasteiger charge is 2.08. The van der Waals surface area contributed by atoms with Crippen molar-refractivity contribution >= 4 is 11.8 Å². The standard InChI is InChI=1S/C15H25NS/c1-5-8-16-15(11-17-4)10-14-7-6-12(2)13(3)9-14/h6-7,9,15-16H,5,8,10-11H2,1-4H3. The highest BCUT2D eigenvalue weighted by atomic mass is 32.2. The smallest absolute Gasteiger partial charge is 0.0198 e. The van der Waals surface area contributed by atoms with Crippen LogP contribution in [0, 0.1) is 13.8 Å². The van der Waals surface area contributed by atoms with Gasteiger partial charge in [0.25, 0.3) is 0 Å². The predicted molar refractivity (Wildman–Crippen MR) is 80.1 cm³/mol. The lowest BCUT2D eigenvalue weighted by atomic mass is 10.0. The minimum Gasteiger partial charge on any atom is -0.313 e. The number of rotatable bonds is 7. The van der Waals surface area contributed by atoms with Gasteiger partial charge in [0.1, 0.15) is 0 Å². The fraction of sp³-hybridized carbons (Fsp3) is 0.600. The first-order valence-corrected chi connectivity index (χ1v) is 7.85. The predicted octanol–water partition coefficient (Wildman–Crippen LogP) is 3.58. The molecule has 1 nitrogen and oxygen atoms in total. The molecule has 17 heavy (non-hydrogen) atoms. The summed E-state index contributed by atoms with van der Waals surface area (Å²) >= 11 is 1.92. The van der Waals surface area contributed by atoms with E-state index in [0.717, 1.165) is 13.0 Å². The molecule has 1 unspecified atom stereocenters. The number of benzene rings is 1. The molecular weight excluding hydrogens is 226 g/mol. The van der Waals surface area contributed by atoms with Crippen LogP contribution in [0.25, 0.3) is 0 Å². The summed E-state index contributed by atoms with van der Waals surface area (Å²) in [5.74, 6) is 1.19. The first-order valence-electron chi connectivity index (χ1n) is 6.45. The molecule has 0 radical (unpaired) electrons. The molecule has 0 aliphatic rings. The lowest BCUT2D eigenvalue weighted by Gasteiger charge is -2.18. The van der Waals surface area contributed by atoms with Crippen molar-refractivity contribution < 1.29 is 0 Å². The second-order valence-electron chi connectivity index (χ2n) is 4.73. The molecule has 1 atom stereocenters. The molecule has 1 aromatic carbocycles. The van der Waals surface area contributed by atoms with Crippen LogP contribution in [0.2, 0.25) is 0 Å². The van der Waals surface area contributed by atoms with Crippen LogP contribution in [0.4, 0.5) is 0 Å². The molecule has 0 aliphatic carbocycles. The van der Waals surface area contributed by atoms with Crippen LogP contribution in [0.1, 0.15) is 30.0 Å². The first-order chi connectivity index (χ1) is 8.17. The van der Waals surface area contributed by atoms with Crippen LogP contribution in [0.5, 0.6) is 0 Å². The van der Waals surface area contributed by atoms with Gasteiger partial charge in [0, 0.05) is 11.8 Å². The summed E-state index contributed by atoms with van der Waals surface area (Å²) in [7, 11) is 0. The van der Waals surface area contributed by atoms with Crippen molar-refractivity contribution in [3.63, 3.8) is 0 Å². The summed E-state index contributed by atoms with van der Waals surface area (Å²) in [4.78, 5) is 0. The molecule has 2 heteroatoms. The van der Waals surface area contributed by atoms with E-state index >= 15 is 0 Å². The average Bonchev–Trinajstić information content (AvgIpc) is 2.31. The van der Waals surface area contributed by atoms with E-state index < -0.39 is 0 Å². The Labute approximate surface area is 110 Å². The molecule has 0 heterocycles. The lowest BCUT2D eigenvalue weighted by Crippen LogP contribution is -2.34. The van der Waals surface area contributed by atoms with E-state index in [0.29, 0.717) is 6.04 Å². The van der Waals surface area contributed by atoms with Crippen molar-refractivity contribution in [1.82, 2.24) is 5.32 Å². The molecule has 0 saturated carbocycles. The largest absolute Gasteiger partial charge is 0.313 e. The fourth-order valence-electron chi connectivity index (χ4n) is 1.95. The molecule has 0 bridgehead atoms. The number of aryl methyl sites for hydroxylation is 2. The highest BCUT2D eigenvalue weighted by molar-refractivity contribution is 7.98. The van der Waals surface area contributed by atoms with Gasteiger partial charge in [0.2, 0.25) is 0 Å². The molecule has 0 spiro atoms. The third-order valence-electron chi connectivity index (χ3n) is 3.10. The van der Waals surface area contributed by atoms with Crippen LogP contribution in [-0.2, 0) is 6.42 Å². The molecule has 0 amide bonds. The minimum absolute atomic E-state index is 0.604. The topological polar surface area (TPSA) is 12.0 Å². The Morgan fingerprint density at radius 2 is 2.00 bits per heavy atom. The summed E-state index contributed by atoms with van der Waals surface area (Å²) < 4.78 is 0. The van der Waals surface area contributed by atoms with Crippen molar-refractivity contribution in [1.29, 1.82) is 0 Å². The second-order valence-corrected chi connectivity index (χ2v) is 5.64. The summed E-state index contributed by atoms with van der Waals surface area (Å²) in [5, 5.41) is 3.63. The van der Waals surface area contributed by atoms with Gasteiger partial charge in [-0.1, -0.05) is 25.1 Å². The van der Waals surface area contributed by atoms with E-state index in [1.165, 1.54) is 28.9 Å². The maximum absolute atomic E-state index is 3.63. The van der Waals surface area contributed by atoms with E-state index in [4.69, 9.17) is 0 Å². The number of thioether (sulfide) groups is 1. The number of hydrogen-bond donors (Lipinski definition) is 1. The number of hydrogen-bond acceptors (Lipinski definition) is 2. The SMILES string of the molecule is CCCNC(CSC)Cc1ccc(C)c(C)c1. The Kier molecular flexibility index (Phi) is 6.68. The molecule has 1 N–H and O–H groups in total. The third-order valence-corrected chi connectivity index (χ3v) is 3.84. The quantitative estimate of drug-likeness (QED) is 0.795. The summed E-state index contributed by atoms with van der Waals surface area (Å²) in [6, 6.07) is 7.44. The van der Waals surface area contributed by atoms with Gasteiger partial charge in [-0.2, -0.15) is 11.8 Å². The molecule has 0 aliphatic heterocycles. The van der Waals surface area contributed by atoms with Gasteiger partial charge in [-0.15, -0.1) is 0 Å². The van der Waals surface area contributed by atoms with Gasteiger partial charge in [-0.3, -0.25) is 0 Å². The third kappa shape index (κ3) is 5.13. The van der Waals surface area contributed by atoms with Gasteiger partial charge in [-0.05, 0) is 56.2 Å². The van der Waals surface area contributed by atoms with Gasteiger partial charge < -0.3 is 5.32 Å². The van der Waals surface area contributed by atoms with Gasteiger partial charge in [-0.25, -0.2) is 0 Å². The van der Waals surface area contributed by atoms with E-state index in [-0.39, 0.29) is 0 Å². The zero-order valence-electron chi connectivity index (χ0n) is 11.5. The maximum Gasteiger partial charge on any atom is 0.0198 e. The molecule has 1 aromatic rings. The molecule has 0 fully saturated rings. The lowest BCUT2D eigenvalue weighted by molar-refractivity contribution is 0.550. The normalized spacial score (nSPS) is 12.7. The maximum atomic E-state index is 3.63. The van der Waals surface area contributed by atoms with Crippen LogP contribution < -0.4 is 5.32 Å². The van der Waals surface area contributed by atoms with Crippen molar-refractivity contribution in [3.8, 4) is 0 Å². The molecule has 1 rings (SSSR count). The average molecular weight is 251 g/mol. The van der Waals surface area contributed by atoms with Crippen LogP contribution >= 0.6 is 11.8 Å². The number of nitrogens with one attached hydrogen (secondary N) is 1. The Morgan fingerprint density at radius 1 is 1.24 bits per heavy atom. The van der Waals surface area contributed by atoms with E-state index in [2.05, 4.69) is 50.5 Å².